The molecule has 3 aromatic heterocycles. The van der Waals surface area contributed by atoms with Crippen LogP contribution in [0.2, 0.25) is 0 Å². The smallest absolute Gasteiger partial charge is 0.266 e. The Morgan fingerprint density at radius 1 is 0.857 bits per heavy atom. The predicted molar refractivity (Wildman–Crippen MR) is 105 cm³/mol. The fraction of sp³-hybridized carbons (Fsp3) is 0.350. The lowest BCUT2D eigenvalue weighted by Gasteiger charge is -2.34. The summed E-state index contributed by atoms with van der Waals surface area (Å²) >= 11 is 0. The number of piperazine rings is 1. The van der Waals surface area contributed by atoms with Gasteiger partial charge in [-0.25, -0.2) is 4.68 Å². The molecule has 144 valence electrons. The van der Waals surface area contributed by atoms with Gasteiger partial charge in [0.15, 0.2) is 0 Å². The van der Waals surface area contributed by atoms with Crippen LogP contribution in [0, 0.1) is 0 Å². The van der Waals surface area contributed by atoms with Crippen molar-refractivity contribution in [3.63, 3.8) is 0 Å². The number of nitrogens with zero attached hydrogens (tertiary/aromatic N) is 7. The largest absolute Gasteiger partial charge is 0.299 e. The minimum atomic E-state index is -0.0727. The second kappa shape index (κ2) is 8.81. The first-order valence-corrected chi connectivity index (χ1v) is 9.47. The maximum Gasteiger partial charge on any atom is 0.266 e. The zero-order chi connectivity index (χ0) is 19.2. The third-order valence-electron chi connectivity index (χ3n) is 4.97. The highest BCUT2D eigenvalue weighted by molar-refractivity contribution is 5.56. The lowest BCUT2D eigenvalue weighted by molar-refractivity contribution is 0.122. The summed E-state index contributed by atoms with van der Waals surface area (Å²) in [5.41, 5.74) is 2.79. The van der Waals surface area contributed by atoms with E-state index in [0.29, 0.717) is 6.54 Å². The monoisotopic (exact) mass is 377 g/mol. The number of hydrogen-bond acceptors (Lipinski definition) is 7. The molecule has 4 heterocycles. The van der Waals surface area contributed by atoms with E-state index < -0.39 is 0 Å². The van der Waals surface area contributed by atoms with E-state index in [1.807, 2.05) is 24.4 Å². The topological polar surface area (TPSA) is 80.0 Å². The molecule has 0 spiro atoms. The summed E-state index contributed by atoms with van der Waals surface area (Å²) in [6.07, 6.45) is 7.04. The number of pyridine rings is 1. The zero-order valence-corrected chi connectivity index (χ0v) is 15.7. The molecule has 0 aliphatic carbocycles. The molecular weight excluding hydrogens is 354 g/mol. The molecule has 28 heavy (non-hydrogen) atoms. The van der Waals surface area contributed by atoms with Crippen LogP contribution in [-0.4, -0.2) is 67.5 Å². The molecule has 4 rings (SSSR count). The molecule has 1 saturated heterocycles. The highest BCUT2D eigenvalue weighted by atomic mass is 16.1. The van der Waals surface area contributed by atoms with Crippen molar-refractivity contribution in [3.8, 4) is 11.3 Å². The molecule has 3 aromatic rings. The van der Waals surface area contributed by atoms with E-state index in [1.54, 1.807) is 35.4 Å². The lowest BCUT2D eigenvalue weighted by atomic mass is 10.2. The van der Waals surface area contributed by atoms with Gasteiger partial charge in [0.1, 0.15) is 0 Å². The van der Waals surface area contributed by atoms with Crippen LogP contribution < -0.4 is 5.56 Å². The van der Waals surface area contributed by atoms with Crippen molar-refractivity contribution in [1.82, 2.24) is 34.8 Å². The summed E-state index contributed by atoms with van der Waals surface area (Å²) in [7, 11) is 0. The fourth-order valence-corrected chi connectivity index (χ4v) is 3.35. The summed E-state index contributed by atoms with van der Waals surface area (Å²) < 4.78 is 1.55. The molecule has 0 radical (unpaired) electrons. The van der Waals surface area contributed by atoms with Crippen LogP contribution in [0.15, 0.2) is 59.9 Å². The second-order valence-corrected chi connectivity index (χ2v) is 6.89. The third kappa shape index (κ3) is 4.65. The van der Waals surface area contributed by atoms with Gasteiger partial charge in [0, 0.05) is 69.5 Å². The Bertz CT molecular complexity index is 938. The third-order valence-corrected chi connectivity index (χ3v) is 4.97. The average Bonchev–Trinajstić information content (AvgIpc) is 2.75. The van der Waals surface area contributed by atoms with E-state index in [4.69, 9.17) is 0 Å². The van der Waals surface area contributed by atoms with Crippen molar-refractivity contribution in [3.05, 3.63) is 71.0 Å². The summed E-state index contributed by atoms with van der Waals surface area (Å²) in [6.45, 7) is 6.26. The van der Waals surface area contributed by atoms with Crippen LogP contribution in [0.25, 0.3) is 11.3 Å². The highest BCUT2D eigenvalue weighted by Crippen LogP contribution is 2.13. The maximum atomic E-state index is 12.2. The molecule has 8 nitrogen and oxygen atoms in total. The molecule has 0 atom stereocenters. The second-order valence-electron chi connectivity index (χ2n) is 6.89. The van der Waals surface area contributed by atoms with Crippen LogP contribution in [0.4, 0.5) is 0 Å². The van der Waals surface area contributed by atoms with Crippen molar-refractivity contribution in [2.24, 2.45) is 0 Å². The average molecular weight is 377 g/mol. The standard InChI is InChI=1S/C20H23N7O/c28-20-4-3-19(18-2-1-6-21-15-18)24-27(20)13-12-25-8-10-26(11-9-25)16-17-5-7-22-23-14-17/h1-7,14-15H,8-13,16H2. The van der Waals surface area contributed by atoms with E-state index in [-0.39, 0.29) is 5.56 Å². The van der Waals surface area contributed by atoms with Crippen molar-refractivity contribution in [2.75, 3.05) is 32.7 Å². The Balaban J connectivity index is 1.31. The van der Waals surface area contributed by atoms with E-state index in [9.17, 15) is 4.79 Å². The van der Waals surface area contributed by atoms with Gasteiger partial charge in [-0.2, -0.15) is 15.3 Å². The van der Waals surface area contributed by atoms with E-state index in [2.05, 4.69) is 30.1 Å². The summed E-state index contributed by atoms with van der Waals surface area (Å²) in [4.78, 5) is 21.1. The van der Waals surface area contributed by atoms with Crippen molar-refractivity contribution in [1.29, 1.82) is 0 Å². The Labute approximate surface area is 163 Å². The van der Waals surface area contributed by atoms with Gasteiger partial charge >= 0.3 is 0 Å². The molecule has 0 N–H and O–H groups in total. The summed E-state index contributed by atoms with van der Waals surface area (Å²) in [5.74, 6) is 0. The minimum absolute atomic E-state index is 0.0727. The van der Waals surface area contributed by atoms with Gasteiger partial charge in [0.2, 0.25) is 0 Å². The molecule has 0 bridgehead atoms. The molecule has 1 aliphatic heterocycles. The fourth-order valence-electron chi connectivity index (χ4n) is 3.35. The Morgan fingerprint density at radius 3 is 2.46 bits per heavy atom. The summed E-state index contributed by atoms with van der Waals surface area (Å²) in [6, 6.07) is 9.15. The van der Waals surface area contributed by atoms with Crippen LogP contribution in [0.3, 0.4) is 0 Å². The van der Waals surface area contributed by atoms with Crippen LogP contribution in [-0.2, 0) is 13.1 Å². The van der Waals surface area contributed by atoms with Crippen LogP contribution in [0.5, 0.6) is 0 Å². The van der Waals surface area contributed by atoms with Crippen LogP contribution >= 0.6 is 0 Å². The Morgan fingerprint density at radius 2 is 1.71 bits per heavy atom. The van der Waals surface area contributed by atoms with Crippen molar-refractivity contribution < 1.29 is 0 Å². The van der Waals surface area contributed by atoms with Crippen molar-refractivity contribution in [2.45, 2.75) is 13.1 Å². The molecule has 0 aromatic carbocycles. The van der Waals surface area contributed by atoms with E-state index in [0.717, 1.165) is 50.5 Å². The predicted octanol–water partition coefficient (Wildman–Crippen LogP) is 0.913. The van der Waals surface area contributed by atoms with Gasteiger partial charge in [0.05, 0.1) is 18.4 Å². The van der Waals surface area contributed by atoms with Gasteiger partial charge < -0.3 is 0 Å². The number of aromatic nitrogens is 5. The van der Waals surface area contributed by atoms with Gasteiger partial charge in [-0.1, -0.05) is 0 Å². The molecule has 1 fully saturated rings. The SMILES string of the molecule is O=c1ccc(-c2cccnc2)nn1CCN1CCN(Cc2ccnnc2)CC1. The minimum Gasteiger partial charge on any atom is -0.299 e. The molecule has 0 amide bonds. The number of rotatable bonds is 6. The van der Waals surface area contributed by atoms with Gasteiger partial charge in [-0.15, -0.1) is 0 Å². The normalized spacial score (nSPS) is 15.6. The lowest BCUT2D eigenvalue weighted by Crippen LogP contribution is -2.47. The molecule has 1 aliphatic rings. The van der Waals surface area contributed by atoms with E-state index >= 15 is 0 Å². The Kier molecular flexibility index (Phi) is 5.79. The first-order chi connectivity index (χ1) is 13.8. The van der Waals surface area contributed by atoms with Gasteiger partial charge in [-0.05, 0) is 29.8 Å². The maximum absolute atomic E-state index is 12.2. The highest BCUT2D eigenvalue weighted by Gasteiger charge is 2.17. The summed E-state index contributed by atoms with van der Waals surface area (Å²) in [5, 5.41) is 12.3. The molecule has 0 saturated carbocycles. The van der Waals surface area contributed by atoms with Gasteiger partial charge in [0.25, 0.3) is 5.56 Å². The molecule has 0 unspecified atom stereocenters. The van der Waals surface area contributed by atoms with Crippen molar-refractivity contribution >= 4 is 0 Å². The molecule has 8 heteroatoms. The number of hydrogen-bond donors (Lipinski definition) is 0. The molecular formula is C20H23N7O. The Hall–Kier alpha value is -2.97. The van der Waals surface area contributed by atoms with Gasteiger partial charge in [-0.3, -0.25) is 19.6 Å². The zero-order valence-electron chi connectivity index (χ0n) is 15.7. The van der Waals surface area contributed by atoms with E-state index in [1.165, 1.54) is 5.56 Å². The first-order valence-electron chi connectivity index (χ1n) is 9.47. The quantitative estimate of drug-likeness (QED) is 0.632. The van der Waals surface area contributed by atoms with Crippen LogP contribution in [0.1, 0.15) is 5.56 Å². The first kappa shape index (κ1) is 18.4.